The lowest BCUT2D eigenvalue weighted by Gasteiger charge is -2.20. The monoisotopic (exact) mass is 198 g/mol. The van der Waals surface area contributed by atoms with Crippen LogP contribution in [0.1, 0.15) is 39.5 Å². The van der Waals surface area contributed by atoms with Crippen molar-refractivity contribution in [3.8, 4) is 0 Å². The molecule has 1 saturated heterocycles. The summed E-state index contributed by atoms with van der Waals surface area (Å²) >= 11 is 0. The normalized spacial score (nSPS) is 28.5. The lowest BCUT2D eigenvalue weighted by atomic mass is 10.1. The Morgan fingerprint density at radius 3 is 2.57 bits per heavy atom. The Labute approximate surface area is 89.1 Å². The van der Waals surface area contributed by atoms with Crippen LogP contribution < -0.4 is 5.32 Å². The molecule has 0 aromatic carbocycles. The number of hydrogen-bond donors (Lipinski definition) is 1. The second kappa shape index (κ2) is 6.41. The molecule has 14 heavy (non-hydrogen) atoms. The van der Waals surface area contributed by atoms with E-state index in [4.69, 9.17) is 0 Å². The highest BCUT2D eigenvalue weighted by molar-refractivity contribution is 4.79. The second-order valence-electron chi connectivity index (χ2n) is 4.85. The van der Waals surface area contributed by atoms with Gasteiger partial charge in [0.1, 0.15) is 0 Å². The van der Waals surface area contributed by atoms with Gasteiger partial charge < -0.3 is 10.2 Å². The van der Waals surface area contributed by atoms with Crippen LogP contribution in [0.25, 0.3) is 0 Å². The summed E-state index contributed by atoms with van der Waals surface area (Å²) in [7, 11) is 2.03. The first-order valence-corrected chi connectivity index (χ1v) is 6.12. The number of rotatable bonds is 6. The lowest BCUT2D eigenvalue weighted by molar-refractivity contribution is 0.259. The van der Waals surface area contributed by atoms with Crippen LogP contribution in [0.15, 0.2) is 0 Å². The van der Waals surface area contributed by atoms with Gasteiger partial charge in [-0.3, -0.25) is 0 Å². The van der Waals surface area contributed by atoms with Gasteiger partial charge >= 0.3 is 0 Å². The minimum atomic E-state index is 0.828. The van der Waals surface area contributed by atoms with Gasteiger partial charge in [-0.2, -0.15) is 0 Å². The van der Waals surface area contributed by atoms with E-state index in [2.05, 4.69) is 24.1 Å². The topological polar surface area (TPSA) is 15.3 Å². The minimum absolute atomic E-state index is 0.828. The maximum atomic E-state index is 3.20. The van der Waals surface area contributed by atoms with Gasteiger partial charge in [0, 0.05) is 12.6 Å². The molecule has 0 aromatic heterocycles. The van der Waals surface area contributed by atoms with E-state index in [-0.39, 0.29) is 0 Å². The summed E-state index contributed by atoms with van der Waals surface area (Å²) in [4.78, 5) is 2.66. The molecular formula is C12H26N2. The van der Waals surface area contributed by atoms with Gasteiger partial charge in [0.05, 0.1) is 0 Å². The van der Waals surface area contributed by atoms with E-state index in [1.54, 1.807) is 0 Å². The molecule has 0 spiro atoms. The zero-order valence-electron chi connectivity index (χ0n) is 10.1. The van der Waals surface area contributed by atoms with E-state index >= 15 is 0 Å². The Kier molecular flexibility index (Phi) is 5.49. The molecule has 0 radical (unpaired) electrons. The van der Waals surface area contributed by atoms with Gasteiger partial charge in [0.25, 0.3) is 0 Å². The summed E-state index contributed by atoms with van der Waals surface area (Å²) in [5.74, 6) is 0.919. The van der Waals surface area contributed by atoms with Gasteiger partial charge in [-0.15, -0.1) is 0 Å². The van der Waals surface area contributed by atoms with Crippen LogP contribution in [0.4, 0.5) is 0 Å². The van der Waals surface area contributed by atoms with Crippen molar-refractivity contribution >= 4 is 0 Å². The van der Waals surface area contributed by atoms with E-state index in [0.29, 0.717) is 0 Å². The Morgan fingerprint density at radius 1 is 1.21 bits per heavy atom. The predicted molar refractivity (Wildman–Crippen MR) is 62.6 cm³/mol. The molecule has 1 aliphatic heterocycles. The Morgan fingerprint density at radius 2 is 2.00 bits per heavy atom. The fraction of sp³-hybridized carbons (Fsp3) is 1.00. The van der Waals surface area contributed by atoms with E-state index in [0.717, 1.165) is 12.0 Å². The van der Waals surface area contributed by atoms with Crippen molar-refractivity contribution in [3.63, 3.8) is 0 Å². The quantitative estimate of drug-likeness (QED) is 0.658. The first-order chi connectivity index (χ1) is 6.74. The molecule has 0 amide bonds. The van der Waals surface area contributed by atoms with Crippen LogP contribution >= 0.6 is 0 Å². The minimum Gasteiger partial charge on any atom is -0.320 e. The van der Waals surface area contributed by atoms with Gasteiger partial charge in [-0.1, -0.05) is 13.3 Å². The molecule has 0 aromatic rings. The Balaban J connectivity index is 2.01. The molecule has 1 N–H and O–H groups in total. The van der Waals surface area contributed by atoms with Crippen LogP contribution in [0.5, 0.6) is 0 Å². The third kappa shape index (κ3) is 3.97. The SMILES string of the molecule is CNCCCCCN1CC(C)CC1C. The highest BCUT2D eigenvalue weighted by atomic mass is 15.2. The summed E-state index contributed by atoms with van der Waals surface area (Å²) < 4.78 is 0. The highest BCUT2D eigenvalue weighted by Gasteiger charge is 2.24. The fourth-order valence-electron chi connectivity index (χ4n) is 2.49. The predicted octanol–water partition coefficient (Wildman–Crippen LogP) is 2.11. The van der Waals surface area contributed by atoms with E-state index in [9.17, 15) is 0 Å². The molecule has 1 heterocycles. The van der Waals surface area contributed by atoms with Crippen molar-refractivity contribution in [3.05, 3.63) is 0 Å². The van der Waals surface area contributed by atoms with Gasteiger partial charge in [0.15, 0.2) is 0 Å². The number of unbranched alkanes of at least 4 members (excludes halogenated alkanes) is 2. The molecule has 2 atom stereocenters. The maximum absolute atomic E-state index is 3.20. The molecule has 2 heteroatoms. The van der Waals surface area contributed by atoms with Crippen molar-refractivity contribution in [2.24, 2.45) is 5.92 Å². The zero-order chi connectivity index (χ0) is 10.4. The lowest BCUT2D eigenvalue weighted by Crippen LogP contribution is -2.28. The van der Waals surface area contributed by atoms with Crippen LogP contribution in [-0.4, -0.2) is 37.6 Å². The number of nitrogens with zero attached hydrogens (tertiary/aromatic N) is 1. The summed E-state index contributed by atoms with van der Waals surface area (Å²) in [5.41, 5.74) is 0. The molecule has 2 unspecified atom stereocenters. The van der Waals surface area contributed by atoms with Crippen LogP contribution in [0.3, 0.4) is 0 Å². The van der Waals surface area contributed by atoms with Gasteiger partial charge in [-0.25, -0.2) is 0 Å². The molecule has 84 valence electrons. The van der Waals surface area contributed by atoms with Crippen molar-refractivity contribution in [1.82, 2.24) is 10.2 Å². The van der Waals surface area contributed by atoms with Crippen LogP contribution in [-0.2, 0) is 0 Å². The Bertz CT molecular complexity index is 147. The zero-order valence-corrected chi connectivity index (χ0v) is 10.1. The summed E-state index contributed by atoms with van der Waals surface area (Å²) in [6.07, 6.45) is 5.47. The molecule has 0 bridgehead atoms. The molecule has 0 saturated carbocycles. The van der Waals surface area contributed by atoms with Crippen molar-refractivity contribution in [1.29, 1.82) is 0 Å². The van der Waals surface area contributed by atoms with Crippen molar-refractivity contribution in [2.75, 3.05) is 26.7 Å². The van der Waals surface area contributed by atoms with Gasteiger partial charge in [-0.05, 0) is 52.2 Å². The molecule has 1 aliphatic rings. The Hall–Kier alpha value is -0.0800. The number of nitrogens with one attached hydrogen (secondary N) is 1. The average Bonchev–Trinajstić information content (AvgIpc) is 2.45. The summed E-state index contributed by atoms with van der Waals surface area (Å²) in [5, 5.41) is 3.20. The number of hydrogen-bond acceptors (Lipinski definition) is 2. The van der Waals surface area contributed by atoms with E-state index in [1.165, 1.54) is 45.3 Å². The maximum Gasteiger partial charge on any atom is 0.00700 e. The smallest absolute Gasteiger partial charge is 0.00700 e. The number of likely N-dealkylation sites (tertiary alicyclic amines) is 1. The third-order valence-corrected chi connectivity index (χ3v) is 3.29. The fourth-order valence-corrected chi connectivity index (χ4v) is 2.49. The molecule has 1 fully saturated rings. The largest absolute Gasteiger partial charge is 0.320 e. The standard InChI is InChI=1S/C12H26N2/c1-11-9-12(2)14(10-11)8-6-4-5-7-13-3/h11-13H,4-10H2,1-3H3. The molecule has 1 rings (SSSR count). The van der Waals surface area contributed by atoms with Crippen molar-refractivity contribution < 1.29 is 0 Å². The van der Waals surface area contributed by atoms with Gasteiger partial charge in [0.2, 0.25) is 0 Å². The molecule has 0 aliphatic carbocycles. The highest BCUT2D eigenvalue weighted by Crippen LogP contribution is 2.22. The summed E-state index contributed by atoms with van der Waals surface area (Å²) in [6.45, 7) is 8.56. The average molecular weight is 198 g/mol. The molecule has 2 nitrogen and oxygen atoms in total. The van der Waals surface area contributed by atoms with E-state index < -0.39 is 0 Å². The summed E-state index contributed by atoms with van der Waals surface area (Å²) in [6, 6.07) is 0.828. The first-order valence-electron chi connectivity index (χ1n) is 6.12. The first kappa shape index (κ1) is 12.0. The van der Waals surface area contributed by atoms with Crippen LogP contribution in [0.2, 0.25) is 0 Å². The van der Waals surface area contributed by atoms with Crippen LogP contribution in [0, 0.1) is 5.92 Å². The second-order valence-corrected chi connectivity index (χ2v) is 4.85. The van der Waals surface area contributed by atoms with Crippen molar-refractivity contribution in [2.45, 2.75) is 45.6 Å². The third-order valence-electron chi connectivity index (χ3n) is 3.29. The molecular weight excluding hydrogens is 172 g/mol. The van der Waals surface area contributed by atoms with E-state index in [1.807, 2.05) is 7.05 Å².